The lowest BCUT2D eigenvalue weighted by Gasteiger charge is -2.47. The van der Waals surface area contributed by atoms with E-state index in [1.165, 1.54) is 89.5 Å². The normalized spacial score (nSPS) is 37.5. The molecule has 0 spiro atoms. The van der Waals surface area contributed by atoms with Gasteiger partial charge in [-0.25, -0.2) is 8.78 Å². The van der Waals surface area contributed by atoms with Crippen molar-refractivity contribution in [2.45, 2.75) is 110 Å². The lowest BCUT2D eigenvalue weighted by molar-refractivity contribution is 0.0438. The molecule has 3 saturated carbocycles. The van der Waals surface area contributed by atoms with Crippen LogP contribution >= 0.6 is 0 Å². The van der Waals surface area contributed by atoms with E-state index in [1.54, 1.807) is 0 Å². The lowest BCUT2D eigenvalue weighted by Crippen LogP contribution is -2.37. The summed E-state index contributed by atoms with van der Waals surface area (Å²) in [7, 11) is 0. The van der Waals surface area contributed by atoms with E-state index in [-0.39, 0.29) is 0 Å². The number of rotatable bonds is 5. The maximum absolute atomic E-state index is 14.2. The second kappa shape index (κ2) is 10.1. The van der Waals surface area contributed by atoms with Gasteiger partial charge in [0.2, 0.25) is 0 Å². The molecule has 4 aliphatic rings. The van der Waals surface area contributed by atoms with Crippen LogP contribution in [-0.4, -0.2) is 0 Å². The molecule has 0 nitrogen and oxygen atoms in total. The van der Waals surface area contributed by atoms with Crippen LogP contribution < -0.4 is 0 Å². The van der Waals surface area contributed by atoms with Crippen LogP contribution in [0.25, 0.3) is 0 Å². The molecule has 3 fully saturated rings. The highest BCUT2D eigenvalue weighted by Crippen LogP contribution is 2.51. The van der Waals surface area contributed by atoms with Crippen LogP contribution in [-0.2, 0) is 12.8 Å². The maximum atomic E-state index is 14.2. The van der Waals surface area contributed by atoms with Crippen LogP contribution in [0, 0.1) is 53.1 Å². The number of halogens is 2. The molecule has 0 aliphatic heterocycles. The summed E-state index contributed by atoms with van der Waals surface area (Å²) in [6, 6.07) is 3.19. The first kappa shape index (κ1) is 22.9. The largest absolute Gasteiger partial charge is 0.204 e. The van der Waals surface area contributed by atoms with Gasteiger partial charge in [-0.2, -0.15) is 0 Å². The zero-order valence-corrected chi connectivity index (χ0v) is 20.3. The average molecular weight is 443 g/mol. The van der Waals surface area contributed by atoms with Crippen molar-refractivity contribution in [3.8, 4) is 0 Å². The van der Waals surface area contributed by atoms with Gasteiger partial charge in [-0.3, -0.25) is 0 Å². The quantitative estimate of drug-likeness (QED) is 0.427. The number of fused-ring (bicyclic) bond motifs is 2. The third-order valence-corrected chi connectivity index (χ3v) is 10.4. The van der Waals surface area contributed by atoms with E-state index in [0.29, 0.717) is 11.5 Å². The van der Waals surface area contributed by atoms with Crippen LogP contribution in [0.2, 0.25) is 0 Å². The molecular weight excluding hydrogens is 398 g/mol. The highest BCUT2D eigenvalue weighted by molar-refractivity contribution is 5.32. The molecule has 2 heteroatoms. The Labute approximate surface area is 194 Å². The summed E-state index contributed by atoms with van der Waals surface area (Å²) in [4.78, 5) is 0. The van der Waals surface area contributed by atoms with Gasteiger partial charge in [-0.1, -0.05) is 45.1 Å². The zero-order chi connectivity index (χ0) is 22.1. The van der Waals surface area contributed by atoms with Crippen LogP contribution in [0.4, 0.5) is 8.78 Å². The van der Waals surface area contributed by atoms with E-state index in [0.717, 1.165) is 60.3 Å². The minimum atomic E-state index is -0.672. The summed E-state index contributed by atoms with van der Waals surface area (Å²) in [6.45, 7) is 2.33. The first-order valence-corrected chi connectivity index (χ1v) is 14.1. The molecule has 0 saturated heterocycles. The van der Waals surface area contributed by atoms with E-state index >= 15 is 0 Å². The summed E-state index contributed by atoms with van der Waals surface area (Å²) in [5, 5.41) is 0. The summed E-state index contributed by atoms with van der Waals surface area (Å²) >= 11 is 0. The summed E-state index contributed by atoms with van der Waals surface area (Å²) in [5.41, 5.74) is 1.75. The molecule has 0 heterocycles. The Kier molecular flexibility index (Phi) is 7.24. The predicted octanol–water partition coefficient (Wildman–Crippen LogP) is 8.90. The minimum absolute atomic E-state index is 0.581. The predicted molar refractivity (Wildman–Crippen MR) is 129 cm³/mol. The Balaban J connectivity index is 1.12. The average Bonchev–Trinajstić information content (AvgIpc) is 2.84. The summed E-state index contributed by atoms with van der Waals surface area (Å²) in [5.74, 6) is 5.23. The van der Waals surface area contributed by atoms with Crippen molar-refractivity contribution in [1.29, 1.82) is 0 Å². The third kappa shape index (κ3) is 4.80. The van der Waals surface area contributed by atoms with Crippen molar-refractivity contribution in [1.82, 2.24) is 0 Å². The van der Waals surface area contributed by atoms with Crippen LogP contribution in [0.3, 0.4) is 0 Å². The van der Waals surface area contributed by atoms with Crippen LogP contribution in [0.5, 0.6) is 0 Å². The second-order valence-electron chi connectivity index (χ2n) is 12.1. The molecule has 0 bridgehead atoms. The molecule has 0 N–H and O–H groups in total. The third-order valence-electron chi connectivity index (χ3n) is 10.4. The molecule has 0 aromatic heterocycles. The molecule has 5 unspecified atom stereocenters. The van der Waals surface area contributed by atoms with Gasteiger partial charge < -0.3 is 0 Å². The van der Waals surface area contributed by atoms with E-state index < -0.39 is 11.6 Å². The van der Waals surface area contributed by atoms with E-state index in [1.807, 2.05) is 6.07 Å². The highest BCUT2D eigenvalue weighted by atomic mass is 19.2. The molecule has 1 aromatic carbocycles. The Morgan fingerprint density at radius 2 is 1.31 bits per heavy atom. The van der Waals surface area contributed by atoms with Gasteiger partial charge in [-0.05, 0) is 129 Å². The molecule has 5 atom stereocenters. The molecule has 4 aliphatic carbocycles. The first-order chi connectivity index (χ1) is 15.6. The minimum Gasteiger partial charge on any atom is -0.204 e. The fourth-order valence-corrected chi connectivity index (χ4v) is 8.47. The maximum Gasteiger partial charge on any atom is 0.162 e. The van der Waals surface area contributed by atoms with E-state index in [9.17, 15) is 8.78 Å². The molecule has 32 heavy (non-hydrogen) atoms. The van der Waals surface area contributed by atoms with Crippen molar-refractivity contribution >= 4 is 0 Å². The van der Waals surface area contributed by atoms with Gasteiger partial charge in [0.25, 0.3) is 0 Å². The van der Waals surface area contributed by atoms with Crippen molar-refractivity contribution < 1.29 is 8.78 Å². The van der Waals surface area contributed by atoms with Gasteiger partial charge in [-0.15, -0.1) is 0 Å². The Bertz CT molecular complexity index is 762. The van der Waals surface area contributed by atoms with Crippen molar-refractivity contribution in [3.05, 3.63) is 34.9 Å². The van der Waals surface area contributed by atoms with E-state index in [4.69, 9.17) is 0 Å². The fourth-order valence-electron chi connectivity index (χ4n) is 8.47. The van der Waals surface area contributed by atoms with Gasteiger partial charge >= 0.3 is 0 Å². The topological polar surface area (TPSA) is 0 Å². The van der Waals surface area contributed by atoms with Gasteiger partial charge in [0.05, 0.1) is 0 Å². The van der Waals surface area contributed by atoms with Crippen LogP contribution in [0.15, 0.2) is 12.1 Å². The number of hydrogen-bond acceptors (Lipinski definition) is 0. The molecule has 1 aromatic rings. The summed E-state index contributed by atoms with van der Waals surface area (Å²) in [6.07, 6.45) is 21.7. The van der Waals surface area contributed by atoms with Gasteiger partial charge in [0, 0.05) is 0 Å². The van der Waals surface area contributed by atoms with Crippen molar-refractivity contribution in [2.75, 3.05) is 0 Å². The number of benzene rings is 1. The zero-order valence-electron chi connectivity index (χ0n) is 20.3. The molecule has 0 amide bonds. The molecule has 0 radical (unpaired) electrons. The number of hydrogen-bond donors (Lipinski definition) is 0. The van der Waals surface area contributed by atoms with Crippen molar-refractivity contribution in [2.24, 2.45) is 41.4 Å². The summed E-state index contributed by atoms with van der Waals surface area (Å²) < 4.78 is 27.8. The fraction of sp³-hybridized carbons (Fsp3) is 0.800. The van der Waals surface area contributed by atoms with Gasteiger partial charge in [0.15, 0.2) is 11.6 Å². The SMILES string of the molecule is CCCCC1CCC(C2CCC3CC(C4CCc5c(ccc(F)c5F)C4)CCC3C2)CC1. The van der Waals surface area contributed by atoms with Crippen molar-refractivity contribution in [3.63, 3.8) is 0 Å². The van der Waals surface area contributed by atoms with Gasteiger partial charge in [0.1, 0.15) is 0 Å². The monoisotopic (exact) mass is 442 g/mol. The second-order valence-corrected chi connectivity index (χ2v) is 12.1. The first-order valence-electron chi connectivity index (χ1n) is 14.1. The highest BCUT2D eigenvalue weighted by Gasteiger charge is 2.41. The smallest absolute Gasteiger partial charge is 0.162 e. The Morgan fingerprint density at radius 1 is 0.719 bits per heavy atom. The molecular formula is C30H44F2. The Hall–Kier alpha value is -0.920. The Morgan fingerprint density at radius 3 is 1.97 bits per heavy atom. The standard InChI is InChI=1S/C30H44F2/c1-2-3-4-20-5-7-21(8-6-20)22-9-10-24-18-25(12-11-23(24)17-22)26-13-15-28-27(19-26)14-16-29(31)30(28)32/h14,16,20-26H,2-13,15,17-19H2,1H3. The van der Waals surface area contributed by atoms with E-state index in [2.05, 4.69) is 6.92 Å². The molecule has 178 valence electrons. The number of unbranched alkanes of at least 4 members (excludes halogenated alkanes) is 1. The lowest BCUT2D eigenvalue weighted by atomic mass is 9.58. The molecule has 5 rings (SSSR count). The van der Waals surface area contributed by atoms with Crippen LogP contribution in [0.1, 0.15) is 108 Å².